The lowest BCUT2D eigenvalue weighted by Gasteiger charge is -2.46. The monoisotopic (exact) mass is 703 g/mol. The molecule has 0 heterocycles. The summed E-state index contributed by atoms with van der Waals surface area (Å²) in [7, 11) is 0. The molecule has 0 radical (unpaired) electrons. The largest absolute Gasteiger partial charge is 0.465 e. The third-order valence-corrected chi connectivity index (χ3v) is 12.4. The number of ether oxygens (including phenoxy) is 2. The molecule has 294 valence electrons. The van der Waals surface area contributed by atoms with Gasteiger partial charge in [-0.15, -0.1) is 0 Å². The van der Waals surface area contributed by atoms with E-state index < -0.39 is 5.41 Å². The highest BCUT2D eigenvalue weighted by Crippen LogP contribution is 2.52. The number of unbranched alkanes of at least 4 members (excludes halogenated alkanes) is 28. The van der Waals surface area contributed by atoms with E-state index in [1.165, 1.54) is 173 Å². The summed E-state index contributed by atoms with van der Waals surface area (Å²) in [6, 6.07) is 0. The molecule has 2 aliphatic rings. The number of fused-ring (bicyclic) bond motifs is 1. The summed E-state index contributed by atoms with van der Waals surface area (Å²) in [5, 5.41) is 0. The molecule has 0 amide bonds. The molecular weight excluding hydrogens is 617 g/mol. The van der Waals surface area contributed by atoms with E-state index in [2.05, 4.69) is 13.8 Å². The van der Waals surface area contributed by atoms with Crippen molar-refractivity contribution in [1.29, 1.82) is 0 Å². The molecule has 0 aromatic carbocycles. The predicted molar refractivity (Wildman–Crippen MR) is 214 cm³/mol. The van der Waals surface area contributed by atoms with Crippen LogP contribution in [0.15, 0.2) is 0 Å². The maximum absolute atomic E-state index is 13.8. The molecule has 0 aromatic rings. The fraction of sp³-hybridized carbons (Fsp3) is 0.957. The maximum atomic E-state index is 13.8. The highest BCUT2D eigenvalue weighted by atomic mass is 16.6. The lowest BCUT2D eigenvalue weighted by Crippen LogP contribution is -2.53. The van der Waals surface area contributed by atoms with Crippen LogP contribution in [-0.4, -0.2) is 25.2 Å². The van der Waals surface area contributed by atoms with Crippen LogP contribution >= 0.6 is 0 Å². The van der Waals surface area contributed by atoms with Gasteiger partial charge in [0.25, 0.3) is 0 Å². The Labute approximate surface area is 312 Å². The number of carbonyl (C=O) groups is 2. The van der Waals surface area contributed by atoms with E-state index in [4.69, 9.17) is 9.47 Å². The van der Waals surface area contributed by atoms with Crippen LogP contribution in [0.2, 0.25) is 0 Å². The van der Waals surface area contributed by atoms with Crippen LogP contribution < -0.4 is 0 Å². The minimum Gasteiger partial charge on any atom is -0.465 e. The number of hydrogen-bond donors (Lipinski definition) is 0. The molecule has 0 spiro atoms. The fourth-order valence-corrected chi connectivity index (χ4v) is 9.15. The second-order valence-corrected chi connectivity index (χ2v) is 16.7. The topological polar surface area (TPSA) is 52.6 Å². The Kier molecular flexibility index (Phi) is 28.4. The zero-order valence-electron chi connectivity index (χ0n) is 33.9. The minimum absolute atomic E-state index is 0.104. The SMILES string of the molecule is CCCCCCCCCCCCCCCCCOC(=O)C1(C(=O)OCCCCCCCCCCCCCCCCC)CCCC2CCCCC21. The van der Waals surface area contributed by atoms with E-state index in [9.17, 15) is 9.59 Å². The molecule has 0 aliphatic heterocycles. The summed E-state index contributed by atoms with van der Waals surface area (Å²) >= 11 is 0. The fourth-order valence-electron chi connectivity index (χ4n) is 9.15. The average Bonchev–Trinajstić information content (AvgIpc) is 3.14. The maximum Gasteiger partial charge on any atom is 0.323 e. The molecule has 0 N–H and O–H groups in total. The van der Waals surface area contributed by atoms with Crippen molar-refractivity contribution in [3.63, 3.8) is 0 Å². The predicted octanol–water partition coefficient (Wildman–Crippen LogP) is 14.8. The Morgan fingerprint density at radius 2 is 0.720 bits per heavy atom. The Bertz CT molecular complexity index is 743. The van der Waals surface area contributed by atoms with Crippen LogP contribution in [0.5, 0.6) is 0 Å². The summed E-state index contributed by atoms with van der Waals surface area (Å²) in [6.07, 6.45) is 46.8. The summed E-state index contributed by atoms with van der Waals surface area (Å²) in [4.78, 5) is 27.6. The first-order valence-electron chi connectivity index (χ1n) is 23.0. The van der Waals surface area contributed by atoms with Crippen molar-refractivity contribution in [2.45, 2.75) is 251 Å². The minimum atomic E-state index is -1.06. The zero-order chi connectivity index (χ0) is 35.8. The van der Waals surface area contributed by atoms with Gasteiger partial charge in [0.2, 0.25) is 0 Å². The van der Waals surface area contributed by atoms with Gasteiger partial charge in [0.1, 0.15) is 0 Å². The van der Waals surface area contributed by atoms with Crippen LogP contribution in [0.1, 0.15) is 251 Å². The van der Waals surface area contributed by atoms with Crippen molar-refractivity contribution in [2.75, 3.05) is 13.2 Å². The van der Waals surface area contributed by atoms with E-state index in [-0.39, 0.29) is 17.9 Å². The molecule has 0 bridgehead atoms. The number of carbonyl (C=O) groups excluding carboxylic acids is 2. The molecular formula is C46H86O4. The van der Waals surface area contributed by atoms with Crippen LogP contribution in [0.25, 0.3) is 0 Å². The normalized spacial score (nSPS) is 18.5. The van der Waals surface area contributed by atoms with E-state index in [1.54, 1.807) is 0 Å². The summed E-state index contributed by atoms with van der Waals surface area (Å²) in [5.74, 6) is 0.0446. The van der Waals surface area contributed by atoms with Gasteiger partial charge in [0, 0.05) is 0 Å². The summed E-state index contributed by atoms with van der Waals surface area (Å²) < 4.78 is 11.9. The molecule has 0 saturated heterocycles. The van der Waals surface area contributed by atoms with Crippen molar-refractivity contribution in [2.24, 2.45) is 17.3 Å². The van der Waals surface area contributed by atoms with Crippen LogP contribution in [0.4, 0.5) is 0 Å². The zero-order valence-corrected chi connectivity index (χ0v) is 33.9. The quantitative estimate of drug-likeness (QED) is 0.0380. The van der Waals surface area contributed by atoms with Gasteiger partial charge in [-0.05, 0) is 37.5 Å². The van der Waals surface area contributed by atoms with Crippen LogP contribution in [0, 0.1) is 17.3 Å². The Balaban J connectivity index is 1.57. The van der Waals surface area contributed by atoms with Gasteiger partial charge in [-0.2, -0.15) is 0 Å². The average molecular weight is 703 g/mol. The number of hydrogen-bond acceptors (Lipinski definition) is 4. The molecule has 2 atom stereocenters. The van der Waals surface area contributed by atoms with Gasteiger partial charge < -0.3 is 9.47 Å². The van der Waals surface area contributed by atoms with Crippen LogP contribution in [-0.2, 0) is 19.1 Å². The molecule has 50 heavy (non-hydrogen) atoms. The smallest absolute Gasteiger partial charge is 0.323 e. The standard InChI is InChI=1S/C46H86O4/c1-3-5-7-9-11-13-15-17-19-21-23-25-27-29-33-40-49-44(47)46(39-35-37-42-36-31-32-38-43(42)46)45(48)50-41-34-30-28-26-24-22-20-18-16-14-12-10-8-6-4-2/h42-43H,3-41H2,1-2H3. The molecule has 2 saturated carbocycles. The Hall–Kier alpha value is -1.06. The summed E-state index contributed by atoms with van der Waals surface area (Å²) in [6.45, 7) is 5.47. The van der Waals surface area contributed by atoms with E-state index in [0.717, 1.165) is 57.8 Å². The van der Waals surface area contributed by atoms with Crippen molar-refractivity contribution in [1.82, 2.24) is 0 Å². The highest BCUT2D eigenvalue weighted by Gasteiger charge is 2.58. The van der Waals surface area contributed by atoms with Gasteiger partial charge >= 0.3 is 11.9 Å². The van der Waals surface area contributed by atoms with Crippen molar-refractivity contribution in [3.05, 3.63) is 0 Å². The molecule has 2 aliphatic carbocycles. The molecule has 2 rings (SSSR count). The van der Waals surface area contributed by atoms with Gasteiger partial charge in [0.15, 0.2) is 5.41 Å². The molecule has 4 nitrogen and oxygen atoms in total. The number of rotatable bonds is 34. The third kappa shape index (κ3) is 19.7. The van der Waals surface area contributed by atoms with E-state index in [0.29, 0.717) is 25.6 Å². The van der Waals surface area contributed by atoms with Gasteiger partial charge in [-0.1, -0.05) is 226 Å². The third-order valence-electron chi connectivity index (χ3n) is 12.4. The van der Waals surface area contributed by atoms with E-state index in [1.807, 2.05) is 0 Å². The Morgan fingerprint density at radius 3 is 1.08 bits per heavy atom. The lowest BCUT2D eigenvalue weighted by molar-refractivity contribution is -0.184. The first-order chi connectivity index (χ1) is 24.7. The van der Waals surface area contributed by atoms with Crippen LogP contribution in [0.3, 0.4) is 0 Å². The van der Waals surface area contributed by atoms with Gasteiger partial charge in [-0.3, -0.25) is 9.59 Å². The highest BCUT2D eigenvalue weighted by molar-refractivity contribution is 6.00. The first kappa shape index (κ1) is 45.1. The van der Waals surface area contributed by atoms with Gasteiger partial charge in [-0.25, -0.2) is 0 Å². The molecule has 4 heteroatoms. The molecule has 2 fully saturated rings. The van der Waals surface area contributed by atoms with Crippen molar-refractivity contribution in [3.8, 4) is 0 Å². The Morgan fingerprint density at radius 1 is 0.420 bits per heavy atom. The van der Waals surface area contributed by atoms with E-state index >= 15 is 0 Å². The van der Waals surface area contributed by atoms with Crippen molar-refractivity contribution >= 4 is 11.9 Å². The lowest BCUT2D eigenvalue weighted by atomic mass is 9.57. The molecule has 0 aromatic heterocycles. The number of esters is 2. The molecule has 2 unspecified atom stereocenters. The second-order valence-electron chi connectivity index (χ2n) is 16.7. The summed E-state index contributed by atoms with van der Waals surface area (Å²) in [5.41, 5.74) is -1.06. The second kappa shape index (κ2) is 31.5. The van der Waals surface area contributed by atoms with Gasteiger partial charge in [0.05, 0.1) is 13.2 Å². The van der Waals surface area contributed by atoms with Crippen molar-refractivity contribution < 1.29 is 19.1 Å². The first-order valence-corrected chi connectivity index (χ1v) is 23.0.